The van der Waals surface area contributed by atoms with E-state index in [2.05, 4.69) is 15.5 Å². The lowest BCUT2D eigenvalue weighted by Crippen LogP contribution is -2.38. The highest BCUT2D eigenvalue weighted by molar-refractivity contribution is 6.23. The second-order valence-corrected chi connectivity index (χ2v) is 5.51. The zero-order chi connectivity index (χ0) is 18.8. The minimum atomic E-state index is -1.38. The van der Waals surface area contributed by atoms with Crippen LogP contribution in [-0.2, 0) is 4.79 Å². The van der Waals surface area contributed by atoms with Crippen LogP contribution in [-0.4, -0.2) is 29.5 Å². The number of carbonyl (C=O) groups excluding carboxylic acids is 4. The van der Waals surface area contributed by atoms with Crippen LogP contribution in [0.15, 0.2) is 52.7 Å². The molecule has 0 spiro atoms. The molecular formula is C17H13N5O4. The highest BCUT2D eigenvalue weighted by Crippen LogP contribution is 2.25. The molecular weight excluding hydrogens is 338 g/mol. The maximum absolute atomic E-state index is 12.4. The summed E-state index contributed by atoms with van der Waals surface area (Å²) in [5.74, 6) is -2.71. The molecule has 1 aliphatic rings. The lowest BCUT2D eigenvalue weighted by atomic mass is 9.98. The maximum atomic E-state index is 12.4. The summed E-state index contributed by atoms with van der Waals surface area (Å²) in [5, 5.41) is 10.2. The summed E-state index contributed by atoms with van der Waals surface area (Å²) >= 11 is 0. The monoisotopic (exact) mass is 351 g/mol. The van der Waals surface area contributed by atoms with Crippen LogP contribution in [0.4, 0.5) is 11.4 Å². The average Bonchev–Trinajstić information content (AvgIpc) is 2.61. The van der Waals surface area contributed by atoms with E-state index in [1.54, 1.807) is 24.3 Å². The fraction of sp³-hybridized carbons (Fsp3) is 0.0588. The number of rotatable bonds is 4. The van der Waals surface area contributed by atoms with Gasteiger partial charge in [0.2, 0.25) is 23.6 Å². The van der Waals surface area contributed by atoms with Crippen molar-refractivity contribution in [1.29, 1.82) is 0 Å². The van der Waals surface area contributed by atoms with Crippen LogP contribution in [0.25, 0.3) is 0 Å². The Hall–Kier alpha value is -3.88. The van der Waals surface area contributed by atoms with Gasteiger partial charge in [0.05, 0.1) is 11.4 Å². The molecule has 0 saturated heterocycles. The summed E-state index contributed by atoms with van der Waals surface area (Å²) in [5.41, 5.74) is 11.2. The molecule has 1 heterocycles. The molecule has 3 rings (SSSR count). The van der Waals surface area contributed by atoms with E-state index in [1.807, 2.05) is 0 Å². The smallest absolute Gasteiger partial charge is 0.259 e. The Balaban J connectivity index is 1.95. The van der Waals surface area contributed by atoms with Crippen LogP contribution in [0.2, 0.25) is 0 Å². The predicted molar refractivity (Wildman–Crippen MR) is 91.2 cm³/mol. The molecule has 26 heavy (non-hydrogen) atoms. The number of ketones is 1. The molecule has 5 N–H and O–H groups in total. The van der Waals surface area contributed by atoms with Crippen LogP contribution in [0, 0.1) is 0 Å². The maximum Gasteiger partial charge on any atom is 0.259 e. The van der Waals surface area contributed by atoms with E-state index in [-0.39, 0.29) is 16.8 Å². The summed E-state index contributed by atoms with van der Waals surface area (Å²) < 4.78 is 0. The van der Waals surface area contributed by atoms with Crippen molar-refractivity contribution in [3.05, 3.63) is 59.2 Å². The summed E-state index contributed by atoms with van der Waals surface area (Å²) in [6, 6.07) is 8.92. The zero-order valence-electron chi connectivity index (χ0n) is 13.3. The van der Waals surface area contributed by atoms with Gasteiger partial charge in [0.1, 0.15) is 0 Å². The van der Waals surface area contributed by atoms with E-state index in [0.717, 1.165) is 0 Å². The van der Waals surface area contributed by atoms with Gasteiger partial charge in [-0.2, -0.15) is 10.2 Å². The largest absolute Gasteiger partial charge is 0.366 e. The average molecular weight is 351 g/mol. The standard InChI is InChI=1S/C17H13N5O4/c18-15(24)8-5-9(16(19)25)7-10(6-8)21-22-13-14(23)11-3-1-2-4-12(11)20-17(13)26/h1-7,13H,(H2,18,24)(H2,19,25)(H,20,26). The van der Waals surface area contributed by atoms with Gasteiger partial charge < -0.3 is 16.8 Å². The van der Waals surface area contributed by atoms with Gasteiger partial charge in [0.25, 0.3) is 5.91 Å². The zero-order valence-corrected chi connectivity index (χ0v) is 13.3. The number of nitrogens with two attached hydrogens (primary N) is 2. The van der Waals surface area contributed by atoms with Gasteiger partial charge >= 0.3 is 0 Å². The molecule has 0 radical (unpaired) electrons. The first-order valence-corrected chi connectivity index (χ1v) is 7.46. The molecule has 2 aromatic carbocycles. The van der Waals surface area contributed by atoms with Gasteiger partial charge in [0, 0.05) is 16.7 Å². The Kier molecular flexibility index (Phi) is 4.27. The Morgan fingerprint density at radius 2 is 1.58 bits per heavy atom. The SMILES string of the molecule is NC(=O)c1cc(N=NC2C(=O)Nc3ccccc3C2=O)cc(C(N)=O)c1. The minimum absolute atomic E-state index is 0.0000165. The normalized spacial score (nSPS) is 16.2. The van der Waals surface area contributed by atoms with Crippen LogP contribution in [0.3, 0.4) is 0 Å². The number of primary amides is 2. The van der Waals surface area contributed by atoms with Crippen LogP contribution in [0.1, 0.15) is 31.1 Å². The number of amides is 3. The van der Waals surface area contributed by atoms with E-state index in [9.17, 15) is 19.2 Å². The van der Waals surface area contributed by atoms with Crippen molar-refractivity contribution in [2.75, 3.05) is 5.32 Å². The second-order valence-electron chi connectivity index (χ2n) is 5.51. The van der Waals surface area contributed by atoms with Gasteiger partial charge in [0.15, 0.2) is 0 Å². The third kappa shape index (κ3) is 3.18. The van der Waals surface area contributed by atoms with Gasteiger partial charge in [-0.3, -0.25) is 19.2 Å². The molecule has 3 amide bonds. The molecule has 9 heteroatoms. The molecule has 1 aliphatic heterocycles. The molecule has 9 nitrogen and oxygen atoms in total. The first-order chi connectivity index (χ1) is 12.4. The first-order valence-electron chi connectivity index (χ1n) is 7.46. The van der Waals surface area contributed by atoms with Crippen molar-refractivity contribution in [1.82, 2.24) is 0 Å². The number of para-hydroxylation sites is 1. The van der Waals surface area contributed by atoms with Crippen molar-refractivity contribution in [2.45, 2.75) is 6.04 Å². The highest BCUT2D eigenvalue weighted by atomic mass is 16.2. The Labute approximate surface area is 147 Å². The van der Waals surface area contributed by atoms with Crippen molar-refractivity contribution < 1.29 is 19.2 Å². The van der Waals surface area contributed by atoms with E-state index >= 15 is 0 Å². The first kappa shape index (κ1) is 17.0. The highest BCUT2D eigenvalue weighted by Gasteiger charge is 2.34. The third-order valence-electron chi connectivity index (χ3n) is 3.72. The van der Waals surface area contributed by atoms with E-state index < -0.39 is 29.5 Å². The molecule has 0 saturated carbocycles. The van der Waals surface area contributed by atoms with Gasteiger partial charge in [-0.05, 0) is 30.3 Å². The Bertz CT molecular complexity index is 951. The molecule has 0 aliphatic carbocycles. The number of carbonyl (C=O) groups is 4. The predicted octanol–water partition coefficient (Wildman–Crippen LogP) is 1.17. The summed E-state index contributed by atoms with van der Waals surface area (Å²) in [6.45, 7) is 0. The van der Waals surface area contributed by atoms with Crippen LogP contribution >= 0.6 is 0 Å². The number of nitrogens with zero attached hydrogens (tertiary/aromatic N) is 2. The molecule has 0 bridgehead atoms. The third-order valence-corrected chi connectivity index (χ3v) is 3.72. The van der Waals surface area contributed by atoms with Crippen molar-refractivity contribution >= 4 is 34.9 Å². The number of hydrogen-bond acceptors (Lipinski definition) is 6. The summed E-state index contributed by atoms with van der Waals surface area (Å²) in [4.78, 5) is 47.3. The molecule has 0 aromatic heterocycles. The fourth-order valence-corrected chi connectivity index (χ4v) is 2.46. The number of azo groups is 1. The molecule has 1 atom stereocenters. The van der Waals surface area contributed by atoms with Crippen LogP contribution in [0.5, 0.6) is 0 Å². The molecule has 1 unspecified atom stereocenters. The van der Waals surface area contributed by atoms with E-state index in [1.165, 1.54) is 18.2 Å². The second kappa shape index (κ2) is 6.55. The molecule has 0 fully saturated rings. The van der Waals surface area contributed by atoms with E-state index in [0.29, 0.717) is 11.3 Å². The number of benzene rings is 2. The molecule has 2 aromatic rings. The van der Waals surface area contributed by atoms with Gasteiger partial charge in [-0.25, -0.2) is 0 Å². The van der Waals surface area contributed by atoms with Crippen molar-refractivity contribution in [2.24, 2.45) is 21.7 Å². The van der Waals surface area contributed by atoms with Crippen molar-refractivity contribution in [3.8, 4) is 0 Å². The number of anilines is 1. The fourth-order valence-electron chi connectivity index (χ4n) is 2.46. The number of hydrogen-bond donors (Lipinski definition) is 3. The number of fused-ring (bicyclic) bond motifs is 1. The Morgan fingerprint density at radius 1 is 0.962 bits per heavy atom. The lowest BCUT2D eigenvalue weighted by Gasteiger charge is -2.19. The quantitative estimate of drug-likeness (QED) is 0.558. The number of nitrogens with one attached hydrogen (secondary N) is 1. The van der Waals surface area contributed by atoms with Crippen LogP contribution < -0.4 is 16.8 Å². The van der Waals surface area contributed by atoms with E-state index in [4.69, 9.17) is 11.5 Å². The minimum Gasteiger partial charge on any atom is -0.366 e. The van der Waals surface area contributed by atoms with Gasteiger partial charge in [-0.1, -0.05) is 12.1 Å². The molecule has 130 valence electrons. The van der Waals surface area contributed by atoms with Crippen molar-refractivity contribution in [3.63, 3.8) is 0 Å². The topological polar surface area (TPSA) is 157 Å². The lowest BCUT2D eigenvalue weighted by molar-refractivity contribution is -0.116. The summed E-state index contributed by atoms with van der Waals surface area (Å²) in [7, 11) is 0. The number of Topliss-reactive ketones (excluding diaryl/α,β-unsaturated/α-hetero) is 1. The van der Waals surface area contributed by atoms with Gasteiger partial charge in [-0.15, -0.1) is 0 Å². The Morgan fingerprint density at radius 3 is 2.19 bits per heavy atom. The summed E-state index contributed by atoms with van der Waals surface area (Å²) in [6.07, 6.45) is 0.